The van der Waals surface area contributed by atoms with E-state index >= 15 is 0 Å². The summed E-state index contributed by atoms with van der Waals surface area (Å²) in [5.74, 6) is -0.924. The fourth-order valence-corrected chi connectivity index (χ4v) is 3.23. The largest absolute Gasteiger partial charge is 0.326 e. The highest BCUT2D eigenvalue weighted by atomic mass is 35.5. The van der Waals surface area contributed by atoms with Crippen LogP contribution < -0.4 is 10.2 Å². The number of hydrogen-bond acceptors (Lipinski definition) is 3. The molecule has 0 radical (unpaired) electrons. The molecule has 0 aromatic heterocycles. The van der Waals surface area contributed by atoms with E-state index in [4.69, 9.17) is 11.6 Å². The highest BCUT2D eigenvalue weighted by molar-refractivity contribution is 6.42. The lowest BCUT2D eigenvalue weighted by atomic mass is 10.0. The van der Waals surface area contributed by atoms with Crippen LogP contribution in [0.1, 0.15) is 32.7 Å². The number of imide groups is 1. The van der Waals surface area contributed by atoms with Gasteiger partial charge in [-0.1, -0.05) is 23.7 Å². The van der Waals surface area contributed by atoms with Gasteiger partial charge >= 0.3 is 0 Å². The topological polar surface area (TPSA) is 66.5 Å². The van der Waals surface area contributed by atoms with E-state index in [1.54, 1.807) is 30.3 Å². The fraction of sp³-hybridized carbons (Fsp3) is 0.118. The molecule has 114 valence electrons. The van der Waals surface area contributed by atoms with Crippen molar-refractivity contribution in [2.24, 2.45) is 0 Å². The average Bonchev–Trinajstić information content (AvgIpc) is 2.79. The van der Waals surface area contributed by atoms with E-state index < -0.39 is 11.8 Å². The van der Waals surface area contributed by atoms with E-state index in [0.717, 1.165) is 10.5 Å². The van der Waals surface area contributed by atoms with Gasteiger partial charge in [0.15, 0.2) is 0 Å². The summed E-state index contributed by atoms with van der Waals surface area (Å²) >= 11 is 6.06. The Morgan fingerprint density at radius 1 is 1.00 bits per heavy atom. The fourth-order valence-electron chi connectivity index (χ4n) is 2.98. The molecular weight excluding hydrogens is 316 g/mol. The second-order valence-electron chi connectivity index (χ2n) is 5.50. The Kier molecular flexibility index (Phi) is 2.99. The lowest BCUT2D eigenvalue weighted by Crippen LogP contribution is -2.30. The number of nitrogens with zero attached hydrogens (tertiary/aromatic N) is 1. The van der Waals surface area contributed by atoms with Crippen molar-refractivity contribution in [3.05, 3.63) is 58.1 Å². The summed E-state index contributed by atoms with van der Waals surface area (Å²) in [6.45, 7) is 0. The molecule has 4 rings (SSSR count). The summed E-state index contributed by atoms with van der Waals surface area (Å²) in [6.07, 6.45) is 1.09. The monoisotopic (exact) mass is 326 g/mol. The van der Waals surface area contributed by atoms with Gasteiger partial charge in [-0.05, 0) is 36.2 Å². The van der Waals surface area contributed by atoms with Gasteiger partial charge in [-0.3, -0.25) is 14.4 Å². The summed E-state index contributed by atoms with van der Waals surface area (Å²) in [7, 11) is 0. The van der Waals surface area contributed by atoms with Gasteiger partial charge in [-0.2, -0.15) is 0 Å². The summed E-state index contributed by atoms with van der Waals surface area (Å²) in [5, 5.41) is 3.03. The zero-order valence-corrected chi connectivity index (χ0v) is 12.7. The standard InChI is InChI=1S/C17H11ClN2O3/c18-12-3-1-2-11-15(12)17(23)20(16(11)22)10-6-4-9-5-7-14(21)19-13(9)8-10/h1-4,6,8H,5,7H2,(H,19,21). The Balaban J connectivity index is 1.79. The third-order valence-electron chi connectivity index (χ3n) is 4.11. The molecule has 0 saturated heterocycles. The molecule has 0 spiro atoms. The maximum Gasteiger partial charge on any atom is 0.267 e. The molecule has 2 aromatic carbocycles. The molecule has 2 heterocycles. The van der Waals surface area contributed by atoms with Crippen molar-refractivity contribution in [1.29, 1.82) is 0 Å². The predicted molar refractivity (Wildman–Crippen MR) is 86.0 cm³/mol. The van der Waals surface area contributed by atoms with Gasteiger partial charge in [0.2, 0.25) is 5.91 Å². The van der Waals surface area contributed by atoms with E-state index in [9.17, 15) is 14.4 Å². The SMILES string of the molecule is O=C1CCc2ccc(N3C(=O)c4cccc(Cl)c4C3=O)cc2N1. The van der Waals surface area contributed by atoms with Crippen molar-refractivity contribution in [2.45, 2.75) is 12.8 Å². The van der Waals surface area contributed by atoms with E-state index in [2.05, 4.69) is 5.32 Å². The quantitative estimate of drug-likeness (QED) is 0.819. The Bertz CT molecular complexity index is 891. The number of carbonyl (C=O) groups excluding carboxylic acids is 3. The number of amides is 3. The molecule has 0 atom stereocenters. The summed E-state index contributed by atoms with van der Waals surface area (Å²) in [4.78, 5) is 37.8. The molecule has 3 amide bonds. The Morgan fingerprint density at radius 2 is 1.83 bits per heavy atom. The number of nitrogens with one attached hydrogen (secondary N) is 1. The minimum atomic E-state index is -0.447. The number of hydrogen-bond donors (Lipinski definition) is 1. The maximum atomic E-state index is 12.6. The number of anilines is 2. The van der Waals surface area contributed by atoms with E-state index in [0.29, 0.717) is 29.8 Å². The van der Waals surface area contributed by atoms with Crippen molar-refractivity contribution in [3.63, 3.8) is 0 Å². The summed E-state index contributed by atoms with van der Waals surface area (Å²) < 4.78 is 0. The molecule has 0 aliphatic carbocycles. The van der Waals surface area contributed by atoms with Crippen LogP contribution >= 0.6 is 11.6 Å². The van der Waals surface area contributed by atoms with E-state index in [1.165, 1.54) is 0 Å². The van der Waals surface area contributed by atoms with Gasteiger partial charge in [-0.25, -0.2) is 4.90 Å². The number of benzene rings is 2. The minimum absolute atomic E-state index is 0.0694. The highest BCUT2D eigenvalue weighted by Crippen LogP contribution is 2.35. The molecule has 5 nitrogen and oxygen atoms in total. The van der Waals surface area contributed by atoms with Crippen LogP contribution in [0.25, 0.3) is 0 Å². The molecule has 0 unspecified atom stereocenters. The zero-order chi connectivity index (χ0) is 16.1. The first kappa shape index (κ1) is 14.0. The van der Waals surface area contributed by atoms with Crippen molar-refractivity contribution in [2.75, 3.05) is 10.2 Å². The predicted octanol–water partition coefficient (Wildman–Crippen LogP) is 3.03. The van der Waals surface area contributed by atoms with Crippen LogP contribution in [-0.2, 0) is 11.2 Å². The number of fused-ring (bicyclic) bond motifs is 2. The van der Waals surface area contributed by atoms with Crippen LogP contribution in [0.15, 0.2) is 36.4 Å². The Hall–Kier alpha value is -2.66. The van der Waals surface area contributed by atoms with Crippen LogP contribution in [0, 0.1) is 0 Å². The first-order valence-electron chi connectivity index (χ1n) is 7.16. The van der Waals surface area contributed by atoms with Crippen molar-refractivity contribution < 1.29 is 14.4 Å². The number of halogens is 1. The second kappa shape index (κ2) is 4.93. The van der Waals surface area contributed by atoms with Gasteiger partial charge in [0.25, 0.3) is 11.8 Å². The molecule has 0 bridgehead atoms. The molecule has 2 aliphatic rings. The normalized spacial score (nSPS) is 16.2. The van der Waals surface area contributed by atoms with Gasteiger partial charge in [0.05, 0.1) is 21.8 Å². The summed E-state index contributed by atoms with van der Waals surface area (Å²) in [5.41, 5.74) is 2.57. The molecule has 23 heavy (non-hydrogen) atoms. The van der Waals surface area contributed by atoms with Crippen LogP contribution in [-0.4, -0.2) is 17.7 Å². The van der Waals surface area contributed by atoms with Crippen LogP contribution in [0.5, 0.6) is 0 Å². The molecule has 0 saturated carbocycles. The molecule has 1 N–H and O–H groups in total. The molecule has 6 heteroatoms. The Labute approximate surface area is 136 Å². The first-order chi connectivity index (χ1) is 11.1. The summed E-state index contributed by atoms with van der Waals surface area (Å²) in [6, 6.07) is 10.0. The van der Waals surface area contributed by atoms with Crippen LogP contribution in [0.3, 0.4) is 0 Å². The van der Waals surface area contributed by atoms with Gasteiger partial charge in [0, 0.05) is 12.1 Å². The second-order valence-corrected chi connectivity index (χ2v) is 5.90. The third-order valence-corrected chi connectivity index (χ3v) is 4.43. The molecule has 2 aliphatic heterocycles. The first-order valence-corrected chi connectivity index (χ1v) is 7.54. The maximum absolute atomic E-state index is 12.6. The van der Waals surface area contributed by atoms with E-state index in [1.807, 2.05) is 6.07 Å². The van der Waals surface area contributed by atoms with Crippen LogP contribution in [0.2, 0.25) is 5.02 Å². The van der Waals surface area contributed by atoms with Gasteiger partial charge in [-0.15, -0.1) is 0 Å². The Morgan fingerprint density at radius 3 is 2.61 bits per heavy atom. The van der Waals surface area contributed by atoms with Crippen molar-refractivity contribution in [1.82, 2.24) is 0 Å². The van der Waals surface area contributed by atoms with Crippen molar-refractivity contribution >= 4 is 40.7 Å². The van der Waals surface area contributed by atoms with Gasteiger partial charge < -0.3 is 5.32 Å². The van der Waals surface area contributed by atoms with Crippen molar-refractivity contribution in [3.8, 4) is 0 Å². The molecular formula is C17H11ClN2O3. The lowest BCUT2D eigenvalue weighted by molar-refractivity contribution is -0.116. The smallest absolute Gasteiger partial charge is 0.267 e. The molecule has 0 fully saturated rings. The number of aryl methyl sites for hydroxylation is 1. The minimum Gasteiger partial charge on any atom is -0.326 e. The highest BCUT2D eigenvalue weighted by Gasteiger charge is 2.38. The van der Waals surface area contributed by atoms with Crippen LogP contribution in [0.4, 0.5) is 11.4 Å². The zero-order valence-electron chi connectivity index (χ0n) is 11.9. The van der Waals surface area contributed by atoms with E-state index in [-0.39, 0.29) is 16.5 Å². The number of rotatable bonds is 1. The third kappa shape index (κ3) is 2.04. The molecule has 2 aromatic rings. The lowest BCUT2D eigenvalue weighted by Gasteiger charge is -2.20. The average molecular weight is 327 g/mol. The van der Waals surface area contributed by atoms with Gasteiger partial charge in [0.1, 0.15) is 0 Å². The number of carbonyl (C=O) groups is 3.